The lowest BCUT2D eigenvalue weighted by molar-refractivity contribution is -0.384. The topological polar surface area (TPSA) is 78.7 Å². The largest absolute Gasteiger partial charge is 0.508 e. The molecule has 1 rings (SSSR count). The molecule has 0 saturated heterocycles. The van der Waals surface area contributed by atoms with E-state index in [-0.39, 0.29) is 18.9 Å². The summed E-state index contributed by atoms with van der Waals surface area (Å²) < 4.78 is 9.34. The van der Waals surface area contributed by atoms with Crippen molar-refractivity contribution in [3.63, 3.8) is 0 Å². The van der Waals surface area contributed by atoms with Crippen LogP contribution in [0, 0.1) is 10.1 Å². The standard InChI is InChI=1S/C11H11NO5/c1-2-7-16-11(13)17-8-9-3-5-10(6-4-9)12(14)15/h2-6H,1,7-8H2. The van der Waals surface area contributed by atoms with Gasteiger partial charge >= 0.3 is 6.16 Å². The van der Waals surface area contributed by atoms with Crippen molar-refractivity contribution < 1.29 is 19.2 Å². The Morgan fingerprint density at radius 2 is 2.00 bits per heavy atom. The molecule has 0 unspecified atom stereocenters. The number of hydrogen-bond acceptors (Lipinski definition) is 5. The first-order valence-corrected chi connectivity index (χ1v) is 4.77. The van der Waals surface area contributed by atoms with Gasteiger partial charge in [-0.05, 0) is 17.7 Å². The van der Waals surface area contributed by atoms with Gasteiger partial charge in [-0.15, -0.1) is 0 Å². The van der Waals surface area contributed by atoms with Crippen LogP contribution in [0.3, 0.4) is 0 Å². The summed E-state index contributed by atoms with van der Waals surface area (Å²) in [7, 11) is 0. The lowest BCUT2D eigenvalue weighted by Gasteiger charge is -2.04. The Hall–Kier alpha value is -2.37. The summed E-state index contributed by atoms with van der Waals surface area (Å²) in [5.74, 6) is 0. The lowest BCUT2D eigenvalue weighted by atomic mass is 10.2. The van der Waals surface area contributed by atoms with Gasteiger partial charge in [-0.1, -0.05) is 12.7 Å². The Balaban J connectivity index is 2.44. The van der Waals surface area contributed by atoms with Crippen LogP contribution < -0.4 is 0 Å². The predicted octanol–water partition coefficient (Wildman–Crippen LogP) is 2.43. The third kappa shape index (κ3) is 4.33. The summed E-state index contributed by atoms with van der Waals surface area (Å²) in [6.45, 7) is 3.47. The fourth-order valence-electron chi connectivity index (χ4n) is 1.02. The highest BCUT2D eigenvalue weighted by molar-refractivity contribution is 5.60. The van der Waals surface area contributed by atoms with Gasteiger partial charge < -0.3 is 9.47 Å². The molecule has 17 heavy (non-hydrogen) atoms. The van der Waals surface area contributed by atoms with Crippen molar-refractivity contribution in [3.8, 4) is 0 Å². The molecule has 0 aromatic heterocycles. The fourth-order valence-corrected chi connectivity index (χ4v) is 1.02. The smallest absolute Gasteiger partial charge is 0.430 e. The van der Waals surface area contributed by atoms with Crippen molar-refractivity contribution in [1.29, 1.82) is 0 Å². The molecule has 90 valence electrons. The van der Waals surface area contributed by atoms with Crippen molar-refractivity contribution in [3.05, 3.63) is 52.6 Å². The molecule has 0 amide bonds. The summed E-state index contributed by atoms with van der Waals surface area (Å²) in [6.07, 6.45) is 0.621. The third-order valence-corrected chi connectivity index (χ3v) is 1.82. The maximum absolute atomic E-state index is 10.9. The zero-order valence-electron chi connectivity index (χ0n) is 9.00. The number of ether oxygens (including phenoxy) is 2. The van der Waals surface area contributed by atoms with Gasteiger partial charge in [0.1, 0.15) is 13.2 Å². The van der Waals surface area contributed by atoms with E-state index in [1.165, 1.54) is 30.3 Å². The van der Waals surface area contributed by atoms with Crippen LogP contribution in [0.5, 0.6) is 0 Å². The Labute approximate surface area is 97.6 Å². The number of benzene rings is 1. The Kier molecular flexibility index (Phi) is 4.68. The highest BCUT2D eigenvalue weighted by atomic mass is 16.7. The quantitative estimate of drug-likeness (QED) is 0.340. The summed E-state index contributed by atoms with van der Waals surface area (Å²) in [6, 6.07) is 5.71. The molecular weight excluding hydrogens is 226 g/mol. The molecule has 0 heterocycles. The summed E-state index contributed by atoms with van der Waals surface area (Å²) in [5.41, 5.74) is 0.633. The number of carbonyl (C=O) groups excluding carboxylic acids is 1. The van der Waals surface area contributed by atoms with Crippen LogP contribution in [-0.2, 0) is 16.1 Å². The normalized spacial score (nSPS) is 9.41. The molecule has 0 bridgehead atoms. The van der Waals surface area contributed by atoms with Crippen molar-refractivity contribution >= 4 is 11.8 Å². The number of hydrogen-bond donors (Lipinski definition) is 0. The van der Waals surface area contributed by atoms with E-state index in [0.717, 1.165) is 0 Å². The molecule has 0 atom stereocenters. The van der Waals surface area contributed by atoms with Crippen molar-refractivity contribution in [1.82, 2.24) is 0 Å². The highest BCUT2D eigenvalue weighted by Crippen LogP contribution is 2.12. The second kappa shape index (κ2) is 6.26. The second-order valence-electron chi connectivity index (χ2n) is 3.06. The van der Waals surface area contributed by atoms with E-state index in [1.54, 1.807) is 0 Å². The van der Waals surface area contributed by atoms with Crippen LogP contribution in [-0.4, -0.2) is 17.7 Å². The summed E-state index contributed by atoms with van der Waals surface area (Å²) >= 11 is 0. The SMILES string of the molecule is C=CCOC(=O)OCc1ccc([N+](=O)[O-])cc1. The van der Waals surface area contributed by atoms with Crippen LogP contribution in [0.2, 0.25) is 0 Å². The van der Waals surface area contributed by atoms with E-state index in [4.69, 9.17) is 4.74 Å². The minimum atomic E-state index is -0.803. The zero-order valence-corrected chi connectivity index (χ0v) is 9.00. The third-order valence-electron chi connectivity index (χ3n) is 1.82. The number of non-ortho nitro benzene ring substituents is 1. The first kappa shape index (κ1) is 12.7. The van der Waals surface area contributed by atoms with Gasteiger partial charge in [0.2, 0.25) is 0 Å². The summed E-state index contributed by atoms with van der Waals surface area (Å²) in [5, 5.41) is 10.4. The Morgan fingerprint density at radius 1 is 1.35 bits per heavy atom. The molecule has 1 aromatic carbocycles. The highest BCUT2D eigenvalue weighted by Gasteiger charge is 2.06. The molecule has 6 nitrogen and oxygen atoms in total. The molecule has 0 spiro atoms. The lowest BCUT2D eigenvalue weighted by Crippen LogP contribution is -2.07. The molecule has 0 aliphatic rings. The van der Waals surface area contributed by atoms with Crippen LogP contribution in [0.4, 0.5) is 10.5 Å². The number of nitrogens with zero attached hydrogens (tertiary/aromatic N) is 1. The first-order chi connectivity index (χ1) is 8.13. The van der Waals surface area contributed by atoms with Gasteiger partial charge in [0, 0.05) is 12.1 Å². The maximum atomic E-state index is 10.9. The fraction of sp³-hybridized carbons (Fsp3) is 0.182. The van der Waals surface area contributed by atoms with Gasteiger partial charge in [0.25, 0.3) is 5.69 Å². The van der Waals surface area contributed by atoms with Gasteiger partial charge in [0.05, 0.1) is 4.92 Å². The van der Waals surface area contributed by atoms with Crippen LogP contribution in [0.25, 0.3) is 0 Å². The van der Waals surface area contributed by atoms with Crippen molar-refractivity contribution in [2.45, 2.75) is 6.61 Å². The van der Waals surface area contributed by atoms with Crippen molar-refractivity contribution in [2.24, 2.45) is 0 Å². The summed E-state index contributed by atoms with van der Waals surface area (Å²) in [4.78, 5) is 20.8. The zero-order chi connectivity index (χ0) is 12.7. The van der Waals surface area contributed by atoms with Crippen molar-refractivity contribution in [2.75, 3.05) is 6.61 Å². The minimum Gasteiger partial charge on any atom is -0.430 e. The monoisotopic (exact) mass is 237 g/mol. The number of nitro groups is 1. The molecule has 6 heteroatoms. The van der Waals surface area contributed by atoms with E-state index in [0.29, 0.717) is 5.56 Å². The Morgan fingerprint density at radius 3 is 2.53 bits per heavy atom. The predicted molar refractivity (Wildman–Crippen MR) is 59.4 cm³/mol. The Bertz CT molecular complexity index is 412. The first-order valence-electron chi connectivity index (χ1n) is 4.77. The van der Waals surface area contributed by atoms with Crippen LogP contribution >= 0.6 is 0 Å². The van der Waals surface area contributed by atoms with Gasteiger partial charge in [-0.3, -0.25) is 10.1 Å². The van der Waals surface area contributed by atoms with Crippen LogP contribution in [0.15, 0.2) is 36.9 Å². The molecule has 0 fully saturated rings. The maximum Gasteiger partial charge on any atom is 0.508 e. The van der Waals surface area contributed by atoms with Gasteiger partial charge in [-0.2, -0.15) is 0 Å². The van der Waals surface area contributed by atoms with E-state index in [1.807, 2.05) is 0 Å². The minimum absolute atomic E-state index is 0.00791. The molecule has 0 aliphatic carbocycles. The molecule has 0 saturated carbocycles. The number of carbonyl (C=O) groups is 1. The molecule has 0 aliphatic heterocycles. The van der Waals surface area contributed by atoms with E-state index < -0.39 is 11.1 Å². The molecular formula is C11H11NO5. The van der Waals surface area contributed by atoms with Crippen LogP contribution in [0.1, 0.15) is 5.56 Å². The molecule has 1 aromatic rings. The number of nitro benzene ring substituents is 1. The molecule has 0 radical (unpaired) electrons. The number of rotatable bonds is 5. The van der Waals surface area contributed by atoms with E-state index in [2.05, 4.69) is 11.3 Å². The average Bonchev–Trinajstić information content (AvgIpc) is 2.34. The van der Waals surface area contributed by atoms with E-state index >= 15 is 0 Å². The van der Waals surface area contributed by atoms with Gasteiger partial charge in [-0.25, -0.2) is 4.79 Å². The molecule has 0 N–H and O–H groups in total. The second-order valence-corrected chi connectivity index (χ2v) is 3.06. The average molecular weight is 237 g/mol. The van der Waals surface area contributed by atoms with E-state index in [9.17, 15) is 14.9 Å². The van der Waals surface area contributed by atoms with Gasteiger partial charge in [0.15, 0.2) is 0 Å².